The van der Waals surface area contributed by atoms with Crippen molar-refractivity contribution in [1.29, 1.82) is 0 Å². The van der Waals surface area contributed by atoms with Gasteiger partial charge in [0.25, 0.3) is 5.56 Å². The van der Waals surface area contributed by atoms with E-state index in [9.17, 15) is 4.79 Å². The third-order valence-corrected chi connectivity index (χ3v) is 3.40. The third kappa shape index (κ3) is 2.72. The molecule has 3 rings (SSSR count). The molecular formula is C15H17N3O2. The number of para-hydroxylation sites is 1. The van der Waals surface area contributed by atoms with Gasteiger partial charge in [0, 0.05) is 31.2 Å². The molecule has 1 atom stereocenters. The van der Waals surface area contributed by atoms with Gasteiger partial charge in [-0.15, -0.1) is 0 Å². The summed E-state index contributed by atoms with van der Waals surface area (Å²) in [6, 6.07) is 9.52. The molecule has 1 aromatic heterocycles. The van der Waals surface area contributed by atoms with Crippen LogP contribution in [0.4, 0.5) is 5.82 Å². The normalized spacial score (nSPS) is 18.1. The van der Waals surface area contributed by atoms with Crippen LogP contribution in [0, 0.1) is 0 Å². The van der Waals surface area contributed by atoms with Crippen LogP contribution in [0.3, 0.4) is 0 Å². The third-order valence-electron chi connectivity index (χ3n) is 3.40. The smallest absolute Gasteiger partial charge is 0.297 e. The lowest BCUT2D eigenvalue weighted by Gasteiger charge is -2.12. The Morgan fingerprint density at radius 1 is 1.35 bits per heavy atom. The van der Waals surface area contributed by atoms with Gasteiger partial charge in [-0.05, 0) is 25.0 Å². The first-order valence-corrected chi connectivity index (χ1v) is 6.83. The molecule has 0 bridgehead atoms. The van der Waals surface area contributed by atoms with Crippen molar-refractivity contribution in [2.75, 3.05) is 18.5 Å². The van der Waals surface area contributed by atoms with Crippen LogP contribution < -0.4 is 10.9 Å². The Hall–Kier alpha value is -2.14. The highest BCUT2D eigenvalue weighted by atomic mass is 16.5. The minimum Gasteiger partial charge on any atom is -0.376 e. The molecule has 0 radical (unpaired) electrons. The van der Waals surface area contributed by atoms with Crippen LogP contribution in [0.1, 0.15) is 12.8 Å². The van der Waals surface area contributed by atoms with Gasteiger partial charge in [0.05, 0.1) is 6.10 Å². The monoisotopic (exact) mass is 271 g/mol. The number of nitrogens with zero attached hydrogens (tertiary/aromatic N) is 2. The molecule has 5 heteroatoms. The molecule has 0 aliphatic carbocycles. The predicted molar refractivity (Wildman–Crippen MR) is 77.3 cm³/mol. The maximum Gasteiger partial charge on any atom is 0.297 e. The van der Waals surface area contributed by atoms with E-state index in [0.29, 0.717) is 12.4 Å². The van der Waals surface area contributed by atoms with Gasteiger partial charge in [-0.3, -0.25) is 9.36 Å². The average molecular weight is 271 g/mol. The second-order valence-corrected chi connectivity index (χ2v) is 4.80. The fourth-order valence-electron chi connectivity index (χ4n) is 2.34. The molecule has 1 aliphatic rings. The minimum absolute atomic E-state index is 0.142. The molecule has 0 amide bonds. The lowest BCUT2D eigenvalue weighted by atomic mass is 10.2. The maximum absolute atomic E-state index is 12.4. The second kappa shape index (κ2) is 5.88. The fourth-order valence-corrected chi connectivity index (χ4v) is 2.34. The number of benzene rings is 1. The molecule has 0 spiro atoms. The van der Waals surface area contributed by atoms with Crippen molar-refractivity contribution in [3.8, 4) is 5.69 Å². The molecule has 104 valence electrons. The van der Waals surface area contributed by atoms with Gasteiger partial charge >= 0.3 is 0 Å². The van der Waals surface area contributed by atoms with Crippen LogP contribution in [0.15, 0.2) is 47.5 Å². The van der Waals surface area contributed by atoms with Crippen LogP contribution in [0.5, 0.6) is 0 Å². The van der Waals surface area contributed by atoms with E-state index >= 15 is 0 Å². The Labute approximate surface area is 117 Å². The fraction of sp³-hybridized carbons (Fsp3) is 0.333. The van der Waals surface area contributed by atoms with Crippen LogP contribution in [-0.2, 0) is 4.74 Å². The number of rotatable bonds is 4. The Morgan fingerprint density at radius 2 is 2.20 bits per heavy atom. The minimum atomic E-state index is -0.142. The van der Waals surface area contributed by atoms with E-state index in [0.717, 1.165) is 25.1 Å². The second-order valence-electron chi connectivity index (χ2n) is 4.80. The summed E-state index contributed by atoms with van der Waals surface area (Å²) in [5.41, 5.74) is 0.691. The summed E-state index contributed by atoms with van der Waals surface area (Å²) in [6.45, 7) is 1.43. The van der Waals surface area contributed by atoms with Gasteiger partial charge in [-0.2, -0.15) is 0 Å². The van der Waals surface area contributed by atoms with E-state index in [1.807, 2.05) is 30.3 Å². The molecule has 2 heterocycles. The van der Waals surface area contributed by atoms with Gasteiger partial charge < -0.3 is 10.1 Å². The zero-order chi connectivity index (χ0) is 13.8. The lowest BCUT2D eigenvalue weighted by Crippen LogP contribution is -2.27. The summed E-state index contributed by atoms with van der Waals surface area (Å²) in [4.78, 5) is 16.5. The molecule has 0 saturated carbocycles. The van der Waals surface area contributed by atoms with Crippen LogP contribution >= 0.6 is 0 Å². The van der Waals surface area contributed by atoms with Crippen molar-refractivity contribution in [3.05, 3.63) is 53.1 Å². The van der Waals surface area contributed by atoms with Gasteiger partial charge in [-0.25, -0.2) is 4.98 Å². The number of anilines is 1. The van der Waals surface area contributed by atoms with Crippen molar-refractivity contribution in [1.82, 2.24) is 9.55 Å². The predicted octanol–water partition coefficient (Wildman–Crippen LogP) is 1.82. The first kappa shape index (κ1) is 12.9. The number of nitrogens with one attached hydrogen (secondary N) is 1. The summed E-state index contributed by atoms with van der Waals surface area (Å²) in [5, 5.41) is 3.10. The summed E-state index contributed by atoms with van der Waals surface area (Å²) < 4.78 is 7.12. The molecular weight excluding hydrogens is 254 g/mol. The van der Waals surface area contributed by atoms with Crippen molar-refractivity contribution >= 4 is 5.82 Å². The van der Waals surface area contributed by atoms with Crippen molar-refractivity contribution in [2.45, 2.75) is 18.9 Å². The van der Waals surface area contributed by atoms with E-state index in [2.05, 4.69) is 10.3 Å². The van der Waals surface area contributed by atoms with Gasteiger partial charge in [0.1, 0.15) is 0 Å². The SMILES string of the molecule is O=c1c(NCC2CCCO2)nccn1-c1ccccc1. The highest BCUT2D eigenvalue weighted by molar-refractivity contribution is 5.38. The van der Waals surface area contributed by atoms with Crippen LogP contribution in [-0.4, -0.2) is 28.8 Å². The molecule has 2 aromatic rings. The summed E-state index contributed by atoms with van der Waals surface area (Å²) in [6.07, 6.45) is 5.61. The quantitative estimate of drug-likeness (QED) is 0.921. The Bertz CT molecular complexity index is 619. The number of ether oxygens (including phenoxy) is 1. The van der Waals surface area contributed by atoms with Crippen LogP contribution in [0.25, 0.3) is 5.69 Å². The number of aromatic nitrogens is 2. The Balaban J connectivity index is 1.80. The Kier molecular flexibility index (Phi) is 3.78. The topological polar surface area (TPSA) is 56.1 Å². The molecule has 1 unspecified atom stereocenters. The zero-order valence-corrected chi connectivity index (χ0v) is 11.2. The first-order valence-electron chi connectivity index (χ1n) is 6.83. The van der Waals surface area contributed by atoms with E-state index in [1.165, 1.54) is 0 Å². The average Bonchev–Trinajstić information content (AvgIpc) is 3.00. The summed E-state index contributed by atoms with van der Waals surface area (Å²) in [5.74, 6) is 0.367. The molecule has 1 fully saturated rings. The maximum atomic E-state index is 12.4. The molecule has 1 aromatic carbocycles. The van der Waals surface area contributed by atoms with E-state index in [1.54, 1.807) is 17.0 Å². The number of hydrogen-bond acceptors (Lipinski definition) is 4. The molecule has 1 saturated heterocycles. The molecule has 20 heavy (non-hydrogen) atoms. The van der Waals surface area contributed by atoms with E-state index < -0.39 is 0 Å². The van der Waals surface area contributed by atoms with Gasteiger partial charge in [-0.1, -0.05) is 18.2 Å². The van der Waals surface area contributed by atoms with Gasteiger partial charge in [0.2, 0.25) is 0 Å². The zero-order valence-electron chi connectivity index (χ0n) is 11.2. The molecule has 1 N–H and O–H groups in total. The van der Waals surface area contributed by atoms with Crippen molar-refractivity contribution in [2.24, 2.45) is 0 Å². The van der Waals surface area contributed by atoms with Gasteiger partial charge in [0.15, 0.2) is 5.82 Å². The molecule has 5 nitrogen and oxygen atoms in total. The van der Waals surface area contributed by atoms with Crippen molar-refractivity contribution < 1.29 is 4.74 Å². The van der Waals surface area contributed by atoms with E-state index in [-0.39, 0.29) is 11.7 Å². The summed E-state index contributed by atoms with van der Waals surface area (Å²) in [7, 11) is 0. The highest BCUT2D eigenvalue weighted by Crippen LogP contribution is 2.12. The standard InChI is InChI=1S/C15H17N3O2/c19-15-14(17-11-13-7-4-10-20-13)16-8-9-18(15)12-5-2-1-3-6-12/h1-3,5-6,8-9,13H,4,7,10-11H2,(H,16,17). The molecule has 1 aliphatic heterocycles. The van der Waals surface area contributed by atoms with Crippen molar-refractivity contribution in [3.63, 3.8) is 0 Å². The highest BCUT2D eigenvalue weighted by Gasteiger charge is 2.16. The lowest BCUT2D eigenvalue weighted by molar-refractivity contribution is 0.120. The van der Waals surface area contributed by atoms with E-state index in [4.69, 9.17) is 4.74 Å². The summed E-state index contributed by atoms with van der Waals surface area (Å²) >= 11 is 0. The largest absolute Gasteiger partial charge is 0.376 e. The van der Waals surface area contributed by atoms with Crippen LogP contribution in [0.2, 0.25) is 0 Å². The first-order chi connectivity index (χ1) is 9.84. The Morgan fingerprint density at radius 3 is 2.95 bits per heavy atom. The number of hydrogen-bond donors (Lipinski definition) is 1.